The number of hydrogen-bond donors (Lipinski definition) is 1. The third-order valence-electron chi connectivity index (χ3n) is 3.60. The predicted molar refractivity (Wildman–Crippen MR) is 92.6 cm³/mol. The van der Waals surface area contributed by atoms with E-state index in [9.17, 15) is 4.39 Å². The molecule has 1 aromatic rings. The van der Waals surface area contributed by atoms with Crippen LogP contribution in [0.2, 0.25) is 0 Å². The first-order chi connectivity index (χ1) is 10.3. The fourth-order valence-corrected chi connectivity index (χ4v) is 3.32. The highest BCUT2D eigenvalue weighted by Crippen LogP contribution is 2.20. The van der Waals surface area contributed by atoms with Crippen molar-refractivity contribution in [2.75, 3.05) is 12.3 Å². The molecular weight excluding hydrogens is 281 g/mol. The van der Waals surface area contributed by atoms with Gasteiger partial charge in [0.2, 0.25) is 0 Å². The van der Waals surface area contributed by atoms with Crippen LogP contribution in [0.3, 0.4) is 0 Å². The summed E-state index contributed by atoms with van der Waals surface area (Å²) in [5, 5.41) is 3.65. The van der Waals surface area contributed by atoms with E-state index < -0.39 is 0 Å². The molecule has 1 atom stereocenters. The monoisotopic (exact) mass is 311 g/mol. The molecule has 0 radical (unpaired) electrons. The lowest BCUT2D eigenvalue weighted by atomic mass is 10.1. The second kappa shape index (κ2) is 12.0. The number of nitrogens with one attached hydrogen (secondary N) is 1. The van der Waals surface area contributed by atoms with Gasteiger partial charge in [0.1, 0.15) is 5.82 Å². The molecule has 1 N–H and O–H groups in total. The molecule has 120 valence electrons. The first-order valence-electron chi connectivity index (χ1n) is 8.38. The molecule has 0 bridgehead atoms. The maximum Gasteiger partial charge on any atom is 0.123 e. The van der Waals surface area contributed by atoms with Gasteiger partial charge < -0.3 is 5.32 Å². The Morgan fingerprint density at radius 3 is 2.38 bits per heavy atom. The number of halogens is 1. The van der Waals surface area contributed by atoms with Crippen LogP contribution in [-0.4, -0.2) is 18.3 Å². The van der Waals surface area contributed by atoms with Crippen LogP contribution in [0.25, 0.3) is 0 Å². The topological polar surface area (TPSA) is 12.0 Å². The molecule has 0 heterocycles. The van der Waals surface area contributed by atoms with Crippen molar-refractivity contribution in [1.29, 1.82) is 0 Å². The Morgan fingerprint density at radius 1 is 1.00 bits per heavy atom. The molecule has 1 unspecified atom stereocenters. The smallest absolute Gasteiger partial charge is 0.123 e. The van der Waals surface area contributed by atoms with E-state index in [0.717, 1.165) is 17.2 Å². The van der Waals surface area contributed by atoms with E-state index in [2.05, 4.69) is 19.2 Å². The summed E-state index contributed by atoms with van der Waals surface area (Å²) in [5.74, 6) is 0.912. The van der Waals surface area contributed by atoms with Gasteiger partial charge in [-0.2, -0.15) is 0 Å². The standard InChI is InChI=1S/C18H30FNS/c1-3-5-6-7-8-9-17(20-14-4-2)15-21-18-12-10-16(19)11-13-18/h10-13,17,20H,3-9,14-15H2,1-2H3. The van der Waals surface area contributed by atoms with Crippen molar-refractivity contribution >= 4 is 11.8 Å². The number of unbranched alkanes of at least 4 members (excludes halogenated alkanes) is 4. The zero-order valence-electron chi connectivity index (χ0n) is 13.5. The average Bonchev–Trinajstić information content (AvgIpc) is 2.50. The molecule has 3 heteroatoms. The van der Waals surface area contributed by atoms with Gasteiger partial charge in [-0.1, -0.05) is 46.0 Å². The van der Waals surface area contributed by atoms with Crippen molar-refractivity contribution in [3.8, 4) is 0 Å². The molecule has 0 saturated carbocycles. The van der Waals surface area contributed by atoms with Crippen LogP contribution in [0.1, 0.15) is 58.8 Å². The summed E-state index contributed by atoms with van der Waals surface area (Å²) in [6.07, 6.45) is 9.10. The Bertz CT molecular complexity index is 353. The Kier molecular flexibility index (Phi) is 10.6. The van der Waals surface area contributed by atoms with E-state index in [1.54, 1.807) is 12.1 Å². The van der Waals surface area contributed by atoms with Gasteiger partial charge in [0, 0.05) is 16.7 Å². The highest BCUT2D eigenvalue weighted by atomic mass is 32.2. The van der Waals surface area contributed by atoms with Crippen LogP contribution < -0.4 is 5.32 Å². The van der Waals surface area contributed by atoms with Gasteiger partial charge in [-0.25, -0.2) is 4.39 Å². The van der Waals surface area contributed by atoms with Crippen molar-refractivity contribution in [3.63, 3.8) is 0 Å². The normalized spacial score (nSPS) is 12.5. The molecule has 0 fully saturated rings. The first-order valence-corrected chi connectivity index (χ1v) is 9.36. The summed E-state index contributed by atoms with van der Waals surface area (Å²) < 4.78 is 12.9. The molecule has 0 saturated heterocycles. The number of thioether (sulfide) groups is 1. The second-order valence-corrected chi connectivity index (χ2v) is 6.71. The molecular formula is C18H30FNS. The van der Waals surface area contributed by atoms with Gasteiger partial charge in [-0.3, -0.25) is 0 Å². The highest BCUT2D eigenvalue weighted by molar-refractivity contribution is 7.99. The number of benzene rings is 1. The van der Waals surface area contributed by atoms with Gasteiger partial charge in [0.15, 0.2) is 0 Å². The quantitative estimate of drug-likeness (QED) is 0.395. The van der Waals surface area contributed by atoms with Crippen molar-refractivity contribution in [2.24, 2.45) is 0 Å². The molecule has 1 rings (SSSR count). The van der Waals surface area contributed by atoms with Crippen molar-refractivity contribution < 1.29 is 4.39 Å². The Balaban J connectivity index is 2.29. The van der Waals surface area contributed by atoms with E-state index in [1.807, 2.05) is 23.9 Å². The fourth-order valence-electron chi connectivity index (χ4n) is 2.31. The lowest BCUT2D eigenvalue weighted by Gasteiger charge is -2.18. The van der Waals surface area contributed by atoms with E-state index in [0.29, 0.717) is 6.04 Å². The number of hydrogen-bond acceptors (Lipinski definition) is 2. The van der Waals surface area contributed by atoms with Crippen LogP contribution in [0, 0.1) is 5.82 Å². The maximum absolute atomic E-state index is 12.9. The largest absolute Gasteiger partial charge is 0.313 e. The summed E-state index contributed by atoms with van der Waals surface area (Å²) in [6.45, 7) is 5.55. The van der Waals surface area contributed by atoms with Crippen LogP contribution in [0.4, 0.5) is 4.39 Å². The minimum absolute atomic E-state index is 0.157. The Hall–Kier alpha value is -0.540. The van der Waals surface area contributed by atoms with E-state index in [1.165, 1.54) is 44.9 Å². The van der Waals surface area contributed by atoms with Gasteiger partial charge in [0.25, 0.3) is 0 Å². The second-order valence-electron chi connectivity index (χ2n) is 5.62. The van der Waals surface area contributed by atoms with E-state index >= 15 is 0 Å². The molecule has 0 aromatic heterocycles. The minimum Gasteiger partial charge on any atom is -0.313 e. The SMILES string of the molecule is CCCCCCCC(CSc1ccc(F)cc1)NCCC. The molecule has 0 aliphatic carbocycles. The Labute approximate surface area is 134 Å². The van der Waals surface area contributed by atoms with E-state index in [4.69, 9.17) is 0 Å². The zero-order valence-corrected chi connectivity index (χ0v) is 14.4. The summed E-state index contributed by atoms with van der Waals surface area (Å²) in [5.41, 5.74) is 0. The predicted octanol–water partition coefficient (Wildman–Crippen LogP) is 5.65. The number of rotatable bonds is 12. The van der Waals surface area contributed by atoms with Crippen LogP contribution in [0.5, 0.6) is 0 Å². The third kappa shape index (κ3) is 9.15. The van der Waals surface area contributed by atoms with E-state index in [-0.39, 0.29) is 5.82 Å². The maximum atomic E-state index is 12.9. The van der Waals surface area contributed by atoms with Crippen LogP contribution in [-0.2, 0) is 0 Å². The molecule has 21 heavy (non-hydrogen) atoms. The molecule has 0 spiro atoms. The van der Waals surface area contributed by atoms with Gasteiger partial charge in [0.05, 0.1) is 0 Å². The van der Waals surface area contributed by atoms with Gasteiger partial charge in [-0.05, 0) is 43.7 Å². The lowest BCUT2D eigenvalue weighted by Crippen LogP contribution is -2.31. The Morgan fingerprint density at radius 2 is 1.71 bits per heavy atom. The van der Waals surface area contributed by atoms with Crippen LogP contribution in [0.15, 0.2) is 29.2 Å². The summed E-state index contributed by atoms with van der Waals surface area (Å²) >= 11 is 1.83. The highest BCUT2D eigenvalue weighted by Gasteiger charge is 2.08. The lowest BCUT2D eigenvalue weighted by molar-refractivity contribution is 0.485. The fraction of sp³-hybridized carbons (Fsp3) is 0.667. The van der Waals surface area contributed by atoms with Crippen molar-refractivity contribution in [3.05, 3.63) is 30.1 Å². The molecule has 0 aliphatic heterocycles. The average molecular weight is 312 g/mol. The summed E-state index contributed by atoms with van der Waals surface area (Å²) in [7, 11) is 0. The molecule has 1 aromatic carbocycles. The first kappa shape index (κ1) is 18.5. The van der Waals surface area contributed by atoms with Crippen molar-refractivity contribution in [2.45, 2.75) is 69.7 Å². The minimum atomic E-state index is -0.157. The molecule has 0 aliphatic rings. The van der Waals surface area contributed by atoms with Crippen LogP contribution >= 0.6 is 11.8 Å². The van der Waals surface area contributed by atoms with Gasteiger partial charge >= 0.3 is 0 Å². The third-order valence-corrected chi connectivity index (χ3v) is 4.78. The van der Waals surface area contributed by atoms with Crippen molar-refractivity contribution in [1.82, 2.24) is 5.32 Å². The summed E-state index contributed by atoms with van der Waals surface area (Å²) in [6, 6.07) is 7.40. The summed E-state index contributed by atoms with van der Waals surface area (Å²) in [4.78, 5) is 1.16. The zero-order chi connectivity index (χ0) is 15.3. The molecule has 1 nitrogen and oxygen atoms in total. The van der Waals surface area contributed by atoms with Gasteiger partial charge in [-0.15, -0.1) is 11.8 Å². The molecule has 0 amide bonds.